The molecular weight excluding hydrogens is 198 g/mol. The zero-order valence-electron chi connectivity index (χ0n) is 9.64. The molecule has 16 heavy (non-hydrogen) atoms. The minimum absolute atomic E-state index is 0.288. The van der Waals surface area contributed by atoms with E-state index in [2.05, 4.69) is 35.2 Å². The van der Waals surface area contributed by atoms with Gasteiger partial charge >= 0.3 is 0 Å². The number of rotatable bonds is 1. The molecule has 0 amide bonds. The zero-order valence-corrected chi connectivity index (χ0v) is 9.64. The predicted octanol–water partition coefficient (Wildman–Crippen LogP) is 2.61. The fraction of sp³-hybridized carbons (Fsp3) is 0.571. The number of morpholine rings is 1. The lowest BCUT2D eigenvalue weighted by Gasteiger charge is -2.42. The normalized spacial score (nSPS) is 31.0. The molecule has 2 saturated heterocycles. The standard InChI is InChI=1S/C14H19NO/c1-2-6-12(7-3-1)14-10-15-9-5-4-8-13(15)11-16-14/h1-3,6-7,13-14H,4-5,8-11H2/t13-,14+/m0/s1. The summed E-state index contributed by atoms with van der Waals surface area (Å²) in [6.07, 6.45) is 4.34. The molecule has 0 radical (unpaired) electrons. The fourth-order valence-corrected chi connectivity index (χ4v) is 2.85. The van der Waals surface area contributed by atoms with Crippen molar-refractivity contribution < 1.29 is 4.74 Å². The topological polar surface area (TPSA) is 12.5 Å². The van der Waals surface area contributed by atoms with Crippen LogP contribution in [0.25, 0.3) is 0 Å². The molecule has 2 nitrogen and oxygen atoms in total. The van der Waals surface area contributed by atoms with Crippen molar-refractivity contribution in [3.8, 4) is 0 Å². The van der Waals surface area contributed by atoms with E-state index >= 15 is 0 Å². The van der Waals surface area contributed by atoms with Crippen LogP contribution in [0.3, 0.4) is 0 Å². The number of benzene rings is 1. The second kappa shape index (κ2) is 4.56. The molecule has 2 heteroatoms. The first-order chi connectivity index (χ1) is 7.93. The van der Waals surface area contributed by atoms with E-state index in [9.17, 15) is 0 Å². The van der Waals surface area contributed by atoms with Gasteiger partial charge < -0.3 is 4.74 Å². The second-order valence-corrected chi connectivity index (χ2v) is 4.88. The van der Waals surface area contributed by atoms with Gasteiger partial charge in [-0.3, -0.25) is 4.90 Å². The molecule has 0 aromatic heterocycles. The van der Waals surface area contributed by atoms with Crippen molar-refractivity contribution in [2.45, 2.75) is 31.4 Å². The van der Waals surface area contributed by atoms with Crippen LogP contribution in [0.5, 0.6) is 0 Å². The van der Waals surface area contributed by atoms with Gasteiger partial charge in [0.25, 0.3) is 0 Å². The summed E-state index contributed by atoms with van der Waals surface area (Å²) in [4.78, 5) is 2.62. The molecule has 1 aromatic carbocycles. The molecule has 0 saturated carbocycles. The van der Waals surface area contributed by atoms with Gasteiger partial charge in [0.2, 0.25) is 0 Å². The highest BCUT2D eigenvalue weighted by Crippen LogP contribution is 2.29. The van der Waals surface area contributed by atoms with Gasteiger partial charge in [-0.05, 0) is 24.9 Å². The van der Waals surface area contributed by atoms with E-state index < -0.39 is 0 Å². The third-order valence-corrected chi connectivity index (χ3v) is 3.81. The summed E-state index contributed by atoms with van der Waals surface area (Å²) in [7, 11) is 0. The van der Waals surface area contributed by atoms with Gasteiger partial charge in [-0.15, -0.1) is 0 Å². The minimum atomic E-state index is 0.288. The Labute approximate surface area is 97.2 Å². The molecule has 0 bridgehead atoms. The van der Waals surface area contributed by atoms with Gasteiger partial charge in [0.05, 0.1) is 12.7 Å². The van der Waals surface area contributed by atoms with E-state index in [1.54, 1.807) is 0 Å². The van der Waals surface area contributed by atoms with E-state index in [0.717, 1.165) is 13.2 Å². The monoisotopic (exact) mass is 217 g/mol. The molecule has 0 aliphatic carbocycles. The Morgan fingerprint density at radius 3 is 2.88 bits per heavy atom. The van der Waals surface area contributed by atoms with Crippen LogP contribution in [0.2, 0.25) is 0 Å². The van der Waals surface area contributed by atoms with Gasteiger partial charge in [-0.25, -0.2) is 0 Å². The average Bonchev–Trinajstić information content (AvgIpc) is 2.39. The molecule has 2 atom stereocenters. The smallest absolute Gasteiger partial charge is 0.0952 e. The second-order valence-electron chi connectivity index (χ2n) is 4.88. The number of hydrogen-bond donors (Lipinski definition) is 0. The molecular formula is C14H19NO. The van der Waals surface area contributed by atoms with Crippen LogP contribution in [0.1, 0.15) is 30.9 Å². The highest BCUT2D eigenvalue weighted by molar-refractivity contribution is 5.18. The summed E-state index contributed by atoms with van der Waals surface area (Å²) in [5.74, 6) is 0. The van der Waals surface area contributed by atoms with E-state index in [1.807, 2.05) is 0 Å². The van der Waals surface area contributed by atoms with Crippen molar-refractivity contribution in [2.24, 2.45) is 0 Å². The summed E-state index contributed by atoms with van der Waals surface area (Å²) in [6.45, 7) is 3.26. The predicted molar refractivity (Wildman–Crippen MR) is 64.3 cm³/mol. The van der Waals surface area contributed by atoms with Gasteiger partial charge in [0, 0.05) is 12.6 Å². The SMILES string of the molecule is c1ccc([C@H]2CN3CCCC[C@H]3CO2)cc1. The number of hydrogen-bond acceptors (Lipinski definition) is 2. The summed E-state index contributed by atoms with van der Waals surface area (Å²) < 4.78 is 5.99. The largest absolute Gasteiger partial charge is 0.371 e. The van der Waals surface area contributed by atoms with Gasteiger partial charge in [-0.2, -0.15) is 0 Å². The number of ether oxygens (including phenoxy) is 1. The maximum atomic E-state index is 5.99. The molecule has 1 aromatic rings. The third kappa shape index (κ3) is 2.00. The molecule has 2 aliphatic heterocycles. The zero-order chi connectivity index (χ0) is 10.8. The third-order valence-electron chi connectivity index (χ3n) is 3.81. The molecule has 0 spiro atoms. The van der Waals surface area contributed by atoms with Crippen LogP contribution in [0, 0.1) is 0 Å². The highest BCUT2D eigenvalue weighted by atomic mass is 16.5. The molecule has 2 fully saturated rings. The molecule has 3 rings (SSSR count). The molecule has 86 valence electrons. The average molecular weight is 217 g/mol. The summed E-state index contributed by atoms with van der Waals surface area (Å²) in [5.41, 5.74) is 1.33. The van der Waals surface area contributed by atoms with E-state index in [4.69, 9.17) is 4.74 Å². The van der Waals surface area contributed by atoms with Gasteiger partial charge in [0.1, 0.15) is 0 Å². The Morgan fingerprint density at radius 1 is 1.12 bits per heavy atom. The first-order valence-corrected chi connectivity index (χ1v) is 6.34. The van der Waals surface area contributed by atoms with Crippen LogP contribution in [0.15, 0.2) is 30.3 Å². The number of fused-ring (bicyclic) bond motifs is 1. The number of piperidine rings is 1. The summed E-state index contributed by atoms with van der Waals surface area (Å²) in [5, 5.41) is 0. The van der Waals surface area contributed by atoms with Crippen molar-refractivity contribution >= 4 is 0 Å². The first-order valence-electron chi connectivity index (χ1n) is 6.34. The van der Waals surface area contributed by atoms with Crippen molar-refractivity contribution in [2.75, 3.05) is 19.7 Å². The Morgan fingerprint density at radius 2 is 2.00 bits per heavy atom. The van der Waals surface area contributed by atoms with E-state index in [-0.39, 0.29) is 6.10 Å². The van der Waals surface area contributed by atoms with Crippen molar-refractivity contribution in [1.82, 2.24) is 4.90 Å². The molecule has 2 aliphatic rings. The van der Waals surface area contributed by atoms with Crippen LogP contribution in [0.4, 0.5) is 0 Å². The number of nitrogens with zero attached hydrogens (tertiary/aromatic N) is 1. The fourth-order valence-electron chi connectivity index (χ4n) is 2.85. The highest BCUT2D eigenvalue weighted by Gasteiger charge is 2.30. The van der Waals surface area contributed by atoms with Gasteiger partial charge in [-0.1, -0.05) is 36.8 Å². The van der Waals surface area contributed by atoms with E-state index in [0.29, 0.717) is 6.04 Å². The maximum Gasteiger partial charge on any atom is 0.0952 e. The lowest BCUT2D eigenvalue weighted by Crippen LogP contribution is -2.48. The Kier molecular flexibility index (Phi) is 2.94. The van der Waals surface area contributed by atoms with E-state index in [1.165, 1.54) is 31.4 Å². The van der Waals surface area contributed by atoms with Gasteiger partial charge in [0.15, 0.2) is 0 Å². The lowest BCUT2D eigenvalue weighted by molar-refractivity contribution is -0.0766. The Balaban J connectivity index is 1.71. The van der Waals surface area contributed by atoms with Crippen LogP contribution < -0.4 is 0 Å². The first kappa shape index (κ1) is 10.3. The molecule has 0 unspecified atom stereocenters. The van der Waals surface area contributed by atoms with Crippen LogP contribution >= 0.6 is 0 Å². The van der Waals surface area contributed by atoms with Crippen molar-refractivity contribution in [3.05, 3.63) is 35.9 Å². The van der Waals surface area contributed by atoms with Crippen molar-refractivity contribution in [1.29, 1.82) is 0 Å². The maximum absolute atomic E-state index is 5.99. The van der Waals surface area contributed by atoms with Crippen LogP contribution in [-0.4, -0.2) is 30.6 Å². The summed E-state index contributed by atoms with van der Waals surface area (Å²) in [6, 6.07) is 11.3. The Hall–Kier alpha value is -0.860. The minimum Gasteiger partial charge on any atom is -0.371 e. The molecule has 0 N–H and O–H groups in total. The molecule has 2 heterocycles. The Bertz CT molecular complexity index is 338. The van der Waals surface area contributed by atoms with Crippen molar-refractivity contribution in [3.63, 3.8) is 0 Å². The van der Waals surface area contributed by atoms with Crippen LogP contribution in [-0.2, 0) is 4.74 Å². The lowest BCUT2D eigenvalue weighted by atomic mass is 9.98. The summed E-state index contributed by atoms with van der Waals surface area (Å²) >= 11 is 0. The quantitative estimate of drug-likeness (QED) is 0.717.